The molecule has 2 heterocycles. The number of nitrogens with one attached hydrogen (secondary N) is 1. The summed E-state index contributed by atoms with van der Waals surface area (Å²) in [4.78, 5) is 17.8. The number of carbonyl (C=O) groups excluding carboxylic acids is 1. The Kier molecular flexibility index (Phi) is 6.19. The van der Waals surface area contributed by atoms with Crippen molar-refractivity contribution in [3.8, 4) is 10.7 Å². The molecule has 32 heavy (non-hydrogen) atoms. The summed E-state index contributed by atoms with van der Waals surface area (Å²) < 4.78 is 15.0. The Bertz CT molecular complexity index is 1210. The second kappa shape index (κ2) is 9.04. The third-order valence-electron chi connectivity index (χ3n) is 5.34. The molecule has 0 saturated carbocycles. The molecule has 2 aromatic carbocycles. The van der Waals surface area contributed by atoms with E-state index in [-0.39, 0.29) is 17.1 Å². The molecular formula is C25H25FN4OS. The number of benzene rings is 2. The van der Waals surface area contributed by atoms with E-state index in [0.29, 0.717) is 22.1 Å². The third-order valence-corrected chi connectivity index (χ3v) is 6.52. The lowest BCUT2D eigenvalue weighted by Gasteiger charge is -2.25. The Morgan fingerprint density at radius 1 is 1.09 bits per heavy atom. The topological polar surface area (TPSA) is 59.8 Å². The van der Waals surface area contributed by atoms with Gasteiger partial charge in [-0.05, 0) is 36.2 Å². The van der Waals surface area contributed by atoms with Gasteiger partial charge in [0.15, 0.2) is 0 Å². The number of carbonyl (C=O) groups is 1. The summed E-state index contributed by atoms with van der Waals surface area (Å²) in [6, 6.07) is 18.4. The molecule has 0 aliphatic heterocycles. The first kappa shape index (κ1) is 21.9. The van der Waals surface area contributed by atoms with Gasteiger partial charge in [-0.3, -0.25) is 9.48 Å². The van der Waals surface area contributed by atoms with Gasteiger partial charge in [-0.15, -0.1) is 11.3 Å². The van der Waals surface area contributed by atoms with Crippen LogP contribution in [0.5, 0.6) is 0 Å². The van der Waals surface area contributed by atoms with Crippen molar-refractivity contribution in [3.63, 3.8) is 0 Å². The van der Waals surface area contributed by atoms with Gasteiger partial charge in [0.2, 0.25) is 0 Å². The monoisotopic (exact) mass is 448 g/mol. The number of aryl methyl sites for hydroxylation is 1. The highest BCUT2D eigenvalue weighted by Crippen LogP contribution is 2.29. The summed E-state index contributed by atoms with van der Waals surface area (Å²) in [5.41, 5.74) is 3.43. The molecule has 0 bridgehead atoms. The molecular weight excluding hydrogens is 423 g/mol. The van der Waals surface area contributed by atoms with Crippen molar-refractivity contribution in [2.75, 3.05) is 0 Å². The maximum absolute atomic E-state index is 13.0. The van der Waals surface area contributed by atoms with Crippen molar-refractivity contribution in [2.45, 2.75) is 39.3 Å². The fraction of sp³-hybridized carbons (Fsp3) is 0.240. The summed E-state index contributed by atoms with van der Waals surface area (Å²) >= 11 is 1.33. The van der Waals surface area contributed by atoms with E-state index in [0.717, 1.165) is 17.8 Å². The minimum Gasteiger partial charge on any atom is -0.347 e. The molecule has 0 spiro atoms. The SMILES string of the molecule is Cc1nc(-c2ccn(CC(C)(C)c3ccccc3)n2)sc1C(=O)NCc1ccc(F)cc1. The van der Waals surface area contributed by atoms with E-state index in [9.17, 15) is 9.18 Å². The minimum absolute atomic E-state index is 0.0747. The van der Waals surface area contributed by atoms with Gasteiger partial charge in [-0.25, -0.2) is 9.37 Å². The standard InChI is InChI=1S/C25H25FN4OS/c1-17-22(23(31)27-15-18-9-11-20(26)12-10-18)32-24(28-17)21-13-14-30(29-21)16-25(2,3)19-7-5-4-6-8-19/h4-14H,15-16H2,1-3H3,(H,27,31). The van der Waals surface area contributed by atoms with E-state index in [2.05, 4.69) is 36.3 Å². The zero-order valence-corrected chi connectivity index (χ0v) is 19.1. The van der Waals surface area contributed by atoms with Gasteiger partial charge in [-0.2, -0.15) is 5.10 Å². The number of amides is 1. The highest BCUT2D eigenvalue weighted by Gasteiger charge is 2.22. The molecule has 164 valence electrons. The number of hydrogen-bond acceptors (Lipinski definition) is 4. The van der Waals surface area contributed by atoms with Gasteiger partial charge in [0, 0.05) is 18.2 Å². The summed E-state index contributed by atoms with van der Waals surface area (Å²) in [6.45, 7) is 7.27. The Morgan fingerprint density at radius 2 is 1.81 bits per heavy atom. The normalized spacial score (nSPS) is 11.5. The van der Waals surface area contributed by atoms with Gasteiger partial charge in [-0.1, -0.05) is 56.3 Å². The molecule has 7 heteroatoms. The molecule has 0 saturated heterocycles. The van der Waals surface area contributed by atoms with Crippen LogP contribution in [0.2, 0.25) is 0 Å². The number of thiazole rings is 1. The van der Waals surface area contributed by atoms with Gasteiger partial charge in [0.25, 0.3) is 5.91 Å². The molecule has 0 radical (unpaired) electrons. The summed E-state index contributed by atoms with van der Waals surface area (Å²) in [5.74, 6) is -0.491. The van der Waals surface area contributed by atoms with E-state index < -0.39 is 0 Å². The number of halogens is 1. The van der Waals surface area contributed by atoms with Crippen molar-refractivity contribution in [2.24, 2.45) is 0 Å². The molecule has 0 fully saturated rings. The molecule has 5 nitrogen and oxygen atoms in total. The van der Waals surface area contributed by atoms with E-state index >= 15 is 0 Å². The summed E-state index contributed by atoms with van der Waals surface area (Å²) in [7, 11) is 0. The molecule has 0 atom stereocenters. The Balaban J connectivity index is 1.45. The maximum Gasteiger partial charge on any atom is 0.263 e. The second-order valence-electron chi connectivity index (χ2n) is 8.39. The van der Waals surface area contributed by atoms with Crippen LogP contribution in [0.15, 0.2) is 66.9 Å². The quantitative estimate of drug-likeness (QED) is 0.414. The van der Waals surface area contributed by atoms with Crippen LogP contribution in [0.3, 0.4) is 0 Å². The lowest BCUT2D eigenvalue weighted by atomic mass is 9.85. The number of hydrogen-bond donors (Lipinski definition) is 1. The van der Waals surface area contributed by atoms with Crippen molar-refractivity contribution in [1.82, 2.24) is 20.1 Å². The minimum atomic E-state index is -0.297. The lowest BCUT2D eigenvalue weighted by Crippen LogP contribution is -2.24. The van der Waals surface area contributed by atoms with Crippen LogP contribution in [0, 0.1) is 12.7 Å². The molecule has 4 aromatic rings. The zero-order chi connectivity index (χ0) is 22.7. The fourth-order valence-corrected chi connectivity index (χ4v) is 4.48. The summed E-state index contributed by atoms with van der Waals surface area (Å²) in [5, 5.41) is 8.30. The van der Waals surface area contributed by atoms with Gasteiger partial charge in [0.1, 0.15) is 21.4 Å². The highest BCUT2D eigenvalue weighted by molar-refractivity contribution is 7.17. The summed E-state index contributed by atoms with van der Waals surface area (Å²) in [6.07, 6.45) is 1.95. The molecule has 4 rings (SSSR count). The Hall–Kier alpha value is -3.32. The van der Waals surface area contributed by atoms with Crippen LogP contribution in [0.25, 0.3) is 10.7 Å². The first-order chi connectivity index (χ1) is 15.3. The van der Waals surface area contributed by atoms with Crippen LogP contribution in [0.1, 0.15) is 40.3 Å². The predicted octanol–water partition coefficient (Wildman–Crippen LogP) is 5.36. The first-order valence-corrected chi connectivity index (χ1v) is 11.2. The van der Waals surface area contributed by atoms with E-state index in [1.54, 1.807) is 12.1 Å². The molecule has 1 amide bonds. The number of aromatic nitrogens is 3. The molecule has 1 N–H and O–H groups in total. The van der Waals surface area contributed by atoms with Crippen LogP contribution in [0.4, 0.5) is 4.39 Å². The van der Waals surface area contributed by atoms with Crippen LogP contribution >= 0.6 is 11.3 Å². The fourth-order valence-electron chi connectivity index (χ4n) is 3.53. The van der Waals surface area contributed by atoms with Crippen molar-refractivity contribution in [1.29, 1.82) is 0 Å². The number of rotatable bonds is 7. The number of nitrogens with zero attached hydrogens (tertiary/aromatic N) is 3. The van der Waals surface area contributed by atoms with Gasteiger partial charge in [0.05, 0.1) is 12.2 Å². The largest absolute Gasteiger partial charge is 0.347 e. The van der Waals surface area contributed by atoms with Crippen molar-refractivity contribution in [3.05, 3.63) is 94.4 Å². The van der Waals surface area contributed by atoms with Crippen LogP contribution in [-0.4, -0.2) is 20.7 Å². The average Bonchev–Trinajstić information content (AvgIpc) is 3.40. The smallest absolute Gasteiger partial charge is 0.263 e. The highest BCUT2D eigenvalue weighted by atomic mass is 32.1. The van der Waals surface area contributed by atoms with Crippen LogP contribution in [-0.2, 0) is 18.5 Å². The van der Waals surface area contributed by atoms with Crippen molar-refractivity contribution < 1.29 is 9.18 Å². The average molecular weight is 449 g/mol. The Labute approximate surface area is 191 Å². The van der Waals surface area contributed by atoms with E-state index in [1.807, 2.05) is 42.1 Å². The van der Waals surface area contributed by atoms with Gasteiger partial charge < -0.3 is 5.32 Å². The molecule has 0 unspecified atom stereocenters. The zero-order valence-electron chi connectivity index (χ0n) is 18.3. The Morgan fingerprint density at radius 3 is 2.53 bits per heavy atom. The van der Waals surface area contributed by atoms with E-state index in [4.69, 9.17) is 5.10 Å². The predicted molar refractivity (Wildman–Crippen MR) is 125 cm³/mol. The van der Waals surface area contributed by atoms with Crippen molar-refractivity contribution >= 4 is 17.2 Å². The molecule has 2 aromatic heterocycles. The second-order valence-corrected chi connectivity index (χ2v) is 9.39. The third kappa shape index (κ3) is 4.94. The maximum atomic E-state index is 13.0. The molecule has 0 aliphatic rings. The van der Waals surface area contributed by atoms with E-state index in [1.165, 1.54) is 29.0 Å². The molecule has 0 aliphatic carbocycles. The van der Waals surface area contributed by atoms with Gasteiger partial charge >= 0.3 is 0 Å². The first-order valence-electron chi connectivity index (χ1n) is 10.4. The van der Waals surface area contributed by atoms with Crippen LogP contribution < -0.4 is 5.32 Å². The lowest BCUT2D eigenvalue weighted by molar-refractivity contribution is 0.0954.